The summed E-state index contributed by atoms with van der Waals surface area (Å²) in [7, 11) is 1.97. The molecule has 0 atom stereocenters. The van der Waals surface area contributed by atoms with Crippen LogP contribution in [0.3, 0.4) is 0 Å². The lowest BCUT2D eigenvalue weighted by molar-refractivity contribution is 0.101. The van der Waals surface area contributed by atoms with E-state index in [-0.39, 0.29) is 18.1 Å². The summed E-state index contributed by atoms with van der Waals surface area (Å²) >= 11 is 6.09. The molecule has 5 rings (SSSR count). The monoisotopic (exact) mass is 447 g/mol. The van der Waals surface area contributed by atoms with Crippen molar-refractivity contribution in [3.05, 3.63) is 99.6 Å². The molecule has 0 fully saturated rings. The number of para-hydroxylation sites is 1. The molecule has 1 aliphatic rings. The first-order valence-corrected chi connectivity index (χ1v) is 10.5. The molecule has 3 aromatic carbocycles. The van der Waals surface area contributed by atoms with Gasteiger partial charge in [-0.05, 0) is 43.3 Å². The molecule has 0 aliphatic carbocycles. The van der Waals surface area contributed by atoms with Crippen molar-refractivity contribution in [2.24, 2.45) is 7.05 Å². The number of hydrogen-bond donors (Lipinski definition) is 0. The third kappa shape index (κ3) is 3.45. The maximum Gasteiger partial charge on any atom is 0.231 e. The van der Waals surface area contributed by atoms with Crippen LogP contribution < -0.4 is 9.47 Å². The summed E-state index contributed by atoms with van der Waals surface area (Å²) in [5.74, 6) is 0.778. The first-order valence-electron chi connectivity index (χ1n) is 10.1. The second-order valence-corrected chi connectivity index (χ2v) is 8.15. The number of hydrogen-bond acceptors (Lipinski definition) is 3. The molecule has 0 saturated carbocycles. The summed E-state index contributed by atoms with van der Waals surface area (Å²) < 4.78 is 27.2. The van der Waals surface area contributed by atoms with E-state index >= 15 is 0 Å². The predicted molar refractivity (Wildman–Crippen MR) is 123 cm³/mol. The van der Waals surface area contributed by atoms with Gasteiger partial charge in [0.1, 0.15) is 23.9 Å². The van der Waals surface area contributed by atoms with Crippen LogP contribution in [0, 0.1) is 12.7 Å². The Morgan fingerprint density at radius 1 is 1.16 bits per heavy atom. The Labute approximate surface area is 189 Å². The Balaban J connectivity index is 1.43. The fourth-order valence-corrected chi connectivity index (χ4v) is 4.17. The highest BCUT2D eigenvalue weighted by Gasteiger charge is 2.30. The van der Waals surface area contributed by atoms with Gasteiger partial charge in [-0.1, -0.05) is 35.9 Å². The van der Waals surface area contributed by atoms with Crippen LogP contribution in [0.25, 0.3) is 17.0 Å². The number of aromatic nitrogens is 1. The Kier molecular flexibility index (Phi) is 4.98. The van der Waals surface area contributed by atoms with Crippen molar-refractivity contribution in [1.82, 2.24) is 4.57 Å². The number of carbonyl (C=O) groups excluding carboxylic acids is 1. The topological polar surface area (TPSA) is 40.5 Å². The van der Waals surface area contributed by atoms with Gasteiger partial charge in [0, 0.05) is 40.8 Å². The van der Waals surface area contributed by atoms with Gasteiger partial charge in [0.05, 0.1) is 10.6 Å². The standard InChI is InChI=1S/C26H19ClFNO3/c1-15-23(31-14-16-7-8-18(28)12-21(16)27)10-9-20-25(30)24(32-26(15)20)11-17-13-29(2)22-6-4-3-5-19(17)22/h3-13H,14H2,1-2H3. The number of fused-ring (bicyclic) bond motifs is 2. The fourth-order valence-electron chi connectivity index (χ4n) is 3.95. The molecule has 4 aromatic rings. The summed E-state index contributed by atoms with van der Waals surface area (Å²) in [6.45, 7) is 2.01. The SMILES string of the molecule is Cc1c(OCc2ccc(F)cc2Cl)ccc2c1OC(=Cc1cn(C)c3ccccc13)C2=O. The highest BCUT2D eigenvalue weighted by Crippen LogP contribution is 2.40. The number of nitrogens with zero attached hydrogens (tertiary/aromatic N) is 1. The Morgan fingerprint density at radius 3 is 2.78 bits per heavy atom. The molecule has 0 spiro atoms. The summed E-state index contributed by atoms with van der Waals surface area (Å²) in [4.78, 5) is 13.0. The number of ether oxygens (including phenoxy) is 2. The van der Waals surface area contributed by atoms with Crippen LogP contribution in [0.4, 0.5) is 4.39 Å². The van der Waals surface area contributed by atoms with Crippen LogP contribution >= 0.6 is 11.6 Å². The third-order valence-corrected chi connectivity index (χ3v) is 6.00. The van der Waals surface area contributed by atoms with Gasteiger partial charge < -0.3 is 14.0 Å². The van der Waals surface area contributed by atoms with Crippen molar-refractivity contribution < 1.29 is 18.7 Å². The molecule has 2 heterocycles. The van der Waals surface area contributed by atoms with E-state index in [2.05, 4.69) is 0 Å². The van der Waals surface area contributed by atoms with Gasteiger partial charge in [-0.3, -0.25) is 4.79 Å². The van der Waals surface area contributed by atoms with Gasteiger partial charge >= 0.3 is 0 Å². The van der Waals surface area contributed by atoms with Crippen molar-refractivity contribution >= 4 is 34.4 Å². The minimum atomic E-state index is -0.398. The number of allylic oxidation sites excluding steroid dienone is 1. The summed E-state index contributed by atoms with van der Waals surface area (Å²) in [6.07, 6.45) is 3.76. The number of carbonyl (C=O) groups is 1. The van der Waals surface area contributed by atoms with Gasteiger partial charge in [-0.25, -0.2) is 4.39 Å². The maximum absolute atomic E-state index is 13.3. The van der Waals surface area contributed by atoms with E-state index in [1.54, 1.807) is 24.3 Å². The Morgan fingerprint density at radius 2 is 1.97 bits per heavy atom. The second kappa shape index (κ2) is 7.84. The molecule has 1 aromatic heterocycles. The van der Waals surface area contributed by atoms with E-state index < -0.39 is 5.82 Å². The van der Waals surface area contributed by atoms with Crippen LogP contribution in [0.15, 0.2) is 66.6 Å². The Hall–Kier alpha value is -3.57. The zero-order valence-electron chi connectivity index (χ0n) is 17.5. The quantitative estimate of drug-likeness (QED) is 0.336. The zero-order chi connectivity index (χ0) is 22.4. The molecule has 1 aliphatic heterocycles. The normalized spacial score (nSPS) is 14.1. The summed E-state index contributed by atoms with van der Waals surface area (Å²) in [5.41, 5.74) is 3.88. The zero-order valence-corrected chi connectivity index (χ0v) is 18.2. The lowest BCUT2D eigenvalue weighted by atomic mass is 10.1. The molecule has 0 saturated heterocycles. The van der Waals surface area contributed by atoms with Crippen LogP contribution in [0.1, 0.15) is 27.0 Å². The van der Waals surface area contributed by atoms with E-state index in [9.17, 15) is 9.18 Å². The van der Waals surface area contributed by atoms with Gasteiger partial charge in [0.15, 0.2) is 5.76 Å². The van der Waals surface area contributed by atoms with Crippen molar-refractivity contribution in [1.29, 1.82) is 0 Å². The fraction of sp³-hybridized carbons (Fsp3) is 0.115. The van der Waals surface area contributed by atoms with Crippen LogP contribution in [-0.4, -0.2) is 10.4 Å². The van der Waals surface area contributed by atoms with Crippen LogP contribution in [0.2, 0.25) is 5.02 Å². The van der Waals surface area contributed by atoms with Gasteiger partial charge in [0.2, 0.25) is 5.78 Å². The number of ketones is 1. The lowest BCUT2D eigenvalue weighted by Crippen LogP contribution is -1.99. The third-order valence-electron chi connectivity index (χ3n) is 5.65. The minimum absolute atomic E-state index is 0.163. The molecule has 0 bridgehead atoms. The molecule has 0 amide bonds. The largest absolute Gasteiger partial charge is 0.488 e. The van der Waals surface area contributed by atoms with E-state index in [4.69, 9.17) is 21.1 Å². The smallest absolute Gasteiger partial charge is 0.231 e. The molecule has 4 nitrogen and oxygen atoms in total. The predicted octanol–water partition coefficient (Wildman–Crippen LogP) is 6.47. The van der Waals surface area contributed by atoms with E-state index in [1.165, 1.54) is 12.1 Å². The maximum atomic E-state index is 13.3. The number of rotatable bonds is 4. The number of Topliss-reactive ketones (excluding diaryl/α,β-unsaturated/α-hetero) is 1. The van der Waals surface area contributed by atoms with E-state index in [0.29, 0.717) is 27.6 Å². The highest BCUT2D eigenvalue weighted by molar-refractivity contribution is 6.31. The van der Waals surface area contributed by atoms with Gasteiger partial charge in [-0.2, -0.15) is 0 Å². The van der Waals surface area contributed by atoms with Gasteiger partial charge in [-0.15, -0.1) is 0 Å². The number of aryl methyl sites for hydroxylation is 1. The lowest BCUT2D eigenvalue weighted by Gasteiger charge is -2.12. The second-order valence-electron chi connectivity index (χ2n) is 7.74. The molecule has 0 radical (unpaired) electrons. The average Bonchev–Trinajstić information content (AvgIpc) is 3.27. The van der Waals surface area contributed by atoms with E-state index in [1.807, 2.05) is 49.0 Å². The first kappa shape index (κ1) is 20.3. The van der Waals surface area contributed by atoms with Crippen molar-refractivity contribution in [2.45, 2.75) is 13.5 Å². The molecule has 0 unspecified atom stereocenters. The van der Waals surface area contributed by atoms with Crippen LogP contribution in [0.5, 0.6) is 11.5 Å². The van der Waals surface area contributed by atoms with E-state index in [0.717, 1.165) is 22.0 Å². The Bertz CT molecular complexity index is 1420. The molecule has 6 heteroatoms. The van der Waals surface area contributed by atoms with Crippen LogP contribution in [-0.2, 0) is 13.7 Å². The molecular formula is C26H19ClFNO3. The van der Waals surface area contributed by atoms with Gasteiger partial charge in [0.25, 0.3) is 0 Å². The molecule has 0 N–H and O–H groups in total. The minimum Gasteiger partial charge on any atom is -0.488 e. The number of benzene rings is 3. The van der Waals surface area contributed by atoms with Crippen molar-refractivity contribution in [3.63, 3.8) is 0 Å². The summed E-state index contributed by atoms with van der Waals surface area (Å²) in [6, 6.07) is 15.6. The van der Waals surface area contributed by atoms with Crippen molar-refractivity contribution in [2.75, 3.05) is 0 Å². The number of halogens is 2. The average molecular weight is 448 g/mol. The summed E-state index contributed by atoms with van der Waals surface area (Å²) in [5, 5.41) is 1.35. The van der Waals surface area contributed by atoms with Crippen molar-refractivity contribution in [3.8, 4) is 11.5 Å². The molecule has 160 valence electrons. The first-order chi connectivity index (χ1) is 15.4. The molecular weight excluding hydrogens is 429 g/mol. The molecule has 32 heavy (non-hydrogen) atoms. The highest BCUT2D eigenvalue weighted by atomic mass is 35.5.